The first kappa shape index (κ1) is 8.17. The van der Waals surface area contributed by atoms with Crippen molar-refractivity contribution in [3.63, 3.8) is 0 Å². The van der Waals surface area contributed by atoms with E-state index < -0.39 is 11.9 Å². The molecule has 2 aromatic rings. The molecule has 1 aliphatic heterocycles. The third-order valence-electron chi connectivity index (χ3n) is 2.54. The van der Waals surface area contributed by atoms with Gasteiger partial charge in [0, 0.05) is 0 Å². The molecule has 72 valence electrons. The van der Waals surface area contributed by atoms with Gasteiger partial charge in [0.15, 0.2) is 0 Å². The first-order chi connectivity index (χ1) is 7.27. The van der Waals surface area contributed by atoms with Crippen LogP contribution in [0.2, 0.25) is 0 Å². The standard InChI is InChI=1S/C12H6O3/c13-11-9-6-5-7-3-1-2-4-8(7)10(9)12(14)15-11/h1-6H/i12+1. The molecule has 2 aromatic carbocycles. The van der Waals surface area contributed by atoms with E-state index >= 15 is 0 Å². The third kappa shape index (κ3) is 1.00. The highest BCUT2D eigenvalue weighted by molar-refractivity contribution is 6.21. The molecule has 0 spiro atoms. The first-order valence-electron chi connectivity index (χ1n) is 4.55. The lowest BCUT2D eigenvalue weighted by atomic mass is 10.0. The van der Waals surface area contributed by atoms with Crippen LogP contribution in [0.15, 0.2) is 36.4 Å². The molecule has 3 rings (SSSR count). The van der Waals surface area contributed by atoms with E-state index in [1.54, 1.807) is 6.07 Å². The summed E-state index contributed by atoms with van der Waals surface area (Å²) in [7, 11) is 0. The highest BCUT2D eigenvalue weighted by atomic mass is 16.7. The van der Waals surface area contributed by atoms with Crippen LogP contribution in [0.5, 0.6) is 0 Å². The summed E-state index contributed by atoms with van der Waals surface area (Å²) < 4.78 is 4.56. The normalized spacial score (nSPS) is 14.1. The Kier molecular flexibility index (Phi) is 1.45. The third-order valence-corrected chi connectivity index (χ3v) is 2.54. The maximum atomic E-state index is 11.4. The van der Waals surface area contributed by atoms with Crippen molar-refractivity contribution in [2.45, 2.75) is 0 Å². The summed E-state index contributed by atoms with van der Waals surface area (Å²) in [4.78, 5) is 22.7. The van der Waals surface area contributed by atoms with Crippen LogP contribution < -0.4 is 0 Å². The molecule has 0 bridgehead atoms. The van der Waals surface area contributed by atoms with E-state index in [0.29, 0.717) is 11.1 Å². The largest absolute Gasteiger partial charge is 0.386 e. The van der Waals surface area contributed by atoms with Gasteiger partial charge in [-0.3, -0.25) is 0 Å². The van der Waals surface area contributed by atoms with Crippen LogP contribution in [0, 0.1) is 0 Å². The summed E-state index contributed by atoms with van der Waals surface area (Å²) in [6.07, 6.45) is 0. The zero-order valence-electron chi connectivity index (χ0n) is 7.69. The van der Waals surface area contributed by atoms with E-state index in [2.05, 4.69) is 4.74 Å². The molecule has 0 fully saturated rings. The minimum Gasteiger partial charge on any atom is -0.386 e. The molecule has 0 saturated heterocycles. The Hall–Kier alpha value is -2.16. The zero-order valence-corrected chi connectivity index (χ0v) is 7.69. The summed E-state index contributed by atoms with van der Waals surface area (Å²) in [5.41, 5.74) is 0.747. The Balaban J connectivity index is 2.49. The van der Waals surface area contributed by atoms with Gasteiger partial charge in [-0.2, -0.15) is 0 Å². The lowest BCUT2D eigenvalue weighted by Gasteiger charge is -1.99. The number of hydrogen-bond acceptors (Lipinski definition) is 3. The second kappa shape index (κ2) is 2.67. The molecule has 3 nitrogen and oxygen atoms in total. The van der Waals surface area contributed by atoms with Crippen LogP contribution in [0.4, 0.5) is 0 Å². The van der Waals surface area contributed by atoms with Crippen LogP contribution in [-0.2, 0) is 4.74 Å². The number of cyclic esters (lactones) is 2. The summed E-state index contributed by atoms with van der Waals surface area (Å²) in [5.74, 6) is -1.10. The highest BCUT2D eigenvalue weighted by Gasteiger charge is 2.30. The molecule has 0 N–H and O–H groups in total. The monoisotopic (exact) mass is 199 g/mol. The van der Waals surface area contributed by atoms with E-state index in [0.717, 1.165) is 10.8 Å². The van der Waals surface area contributed by atoms with Crippen molar-refractivity contribution < 1.29 is 14.3 Å². The molecule has 1 aliphatic rings. The van der Waals surface area contributed by atoms with Gasteiger partial charge in [0.1, 0.15) is 0 Å². The lowest BCUT2D eigenvalue weighted by Crippen LogP contribution is -1.97. The fourth-order valence-corrected chi connectivity index (χ4v) is 1.85. The van der Waals surface area contributed by atoms with Crippen molar-refractivity contribution in [3.8, 4) is 0 Å². The van der Waals surface area contributed by atoms with Crippen molar-refractivity contribution in [2.75, 3.05) is 0 Å². The molecule has 0 aromatic heterocycles. The van der Waals surface area contributed by atoms with Gasteiger partial charge in [-0.1, -0.05) is 30.3 Å². The fourth-order valence-electron chi connectivity index (χ4n) is 1.85. The van der Waals surface area contributed by atoms with Gasteiger partial charge in [0.05, 0.1) is 11.1 Å². The molecule has 0 radical (unpaired) electrons. The number of fused-ring (bicyclic) bond motifs is 3. The van der Waals surface area contributed by atoms with E-state index in [4.69, 9.17) is 0 Å². The fraction of sp³-hybridized carbons (Fsp3) is 0. The van der Waals surface area contributed by atoms with Gasteiger partial charge >= 0.3 is 11.9 Å². The van der Waals surface area contributed by atoms with E-state index in [1.165, 1.54) is 0 Å². The lowest BCUT2D eigenvalue weighted by molar-refractivity contribution is 0.0444. The minimum absolute atomic E-state index is 0.360. The molecule has 15 heavy (non-hydrogen) atoms. The summed E-state index contributed by atoms with van der Waals surface area (Å²) in [6, 6.07) is 10.9. The predicted octanol–water partition coefficient (Wildman–Crippen LogP) is 2.15. The SMILES string of the molecule is O=C1O[13C](=O)c2c1ccc1ccccc21. The van der Waals surface area contributed by atoms with Gasteiger partial charge in [-0.15, -0.1) is 0 Å². The number of rotatable bonds is 0. The minimum atomic E-state index is -0.555. The summed E-state index contributed by atoms with van der Waals surface area (Å²) >= 11 is 0. The molecular weight excluding hydrogens is 193 g/mol. The molecule has 0 aliphatic carbocycles. The van der Waals surface area contributed by atoms with Gasteiger partial charge in [-0.25, -0.2) is 9.59 Å². The number of carbonyl (C=O) groups excluding carboxylic acids is 2. The second-order valence-corrected chi connectivity index (χ2v) is 3.39. The van der Waals surface area contributed by atoms with Gasteiger partial charge in [0.2, 0.25) is 0 Å². The van der Waals surface area contributed by atoms with Crippen molar-refractivity contribution in [2.24, 2.45) is 0 Å². The van der Waals surface area contributed by atoms with Gasteiger partial charge < -0.3 is 4.74 Å². The van der Waals surface area contributed by atoms with Crippen molar-refractivity contribution >= 4 is 22.7 Å². The zero-order chi connectivity index (χ0) is 10.4. The van der Waals surface area contributed by atoms with E-state index in [-0.39, 0.29) is 0 Å². The Bertz CT molecular complexity index is 599. The van der Waals surface area contributed by atoms with Crippen LogP contribution in [-0.4, -0.2) is 11.9 Å². The molecule has 0 amide bonds. The van der Waals surface area contributed by atoms with Crippen molar-refractivity contribution in [1.82, 2.24) is 0 Å². The number of carbonyl (C=O) groups is 2. The van der Waals surface area contributed by atoms with Crippen LogP contribution in [0.1, 0.15) is 20.7 Å². The van der Waals surface area contributed by atoms with Crippen LogP contribution in [0.3, 0.4) is 0 Å². The Morgan fingerprint density at radius 2 is 1.67 bits per heavy atom. The second-order valence-electron chi connectivity index (χ2n) is 3.39. The maximum absolute atomic E-state index is 11.4. The number of benzene rings is 2. The molecule has 0 atom stereocenters. The first-order valence-corrected chi connectivity index (χ1v) is 4.55. The summed E-state index contributed by atoms with van der Waals surface area (Å²) in [5, 5.41) is 1.70. The van der Waals surface area contributed by atoms with Gasteiger partial charge in [-0.05, 0) is 16.8 Å². The van der Waals surface area contributed by atoms with E-state index in [9.17, 15) is 9.59 Å². The Morgan fingerprint density at radius 1 is 0.867 bits per heavy atom. The number of ether oxygens (including phenoxy) is 1. The van der Waals surface area contributed by atoms with E-state index in [1.807, 2.05) is 30.3 Å². The Labute approximate surface area is 85.3 Å². The number of hydrogen-bond donors (Lipinski definition) is 0. The van der Waals surface area contributed by atoms with Gasteiger partial charge in [0.25, 0.3) is 0 Å². The number of esters is 2. The van der Waals surface area contributed by atoms with Crippen LogP contribution in [0.25, 0.3) is 10.8 Å². The summed E-state index contributed by atoms with van der Waals surface area (Å²) in [6.45, 7) is 0. The Morgan fingerprint density at radius 3 is 2.53 bits per heavy atom. The predicted molar refractivity (Wildman–Crippen MR) is 53.7 cm³/mol. The quantitative estimate of drug-likeness (QED) is 0.371. The van der Waals surface area contributed by atoms with Crippen LogP contribution >= 0.6 is 0 Å². The molecule has 0 unspecified atom stereocenters. The highest BCUT2D eigenvalue weighted by Crippen LogP contribution is 2.28. The van der Waals surface area contributed by atoms with Crippen molar-refractivity contribution in [1.29, 1.82) is 0 Å². The average Bonchev–Trinajstić information content (AvgIpc) is 2.55. The topological polar surface area (TPSA) is 43.4 Å². The molecule has 3 heteroatoms. The average molecular weight is 199 g/mol. The molecule has 0 saturated carbocycles. The molecule has 1 heterocycles. The molecular formula is C12H6O3. The van der Waals surface area contributed by atoms with Crippen molar-refractivity contribution in [3.05, 3.63) is 47.5 Å². The smallest absolute Gasteiger partial charge is 0.347 e. The maximum Gasteiger partial charge on any atom is 0.347 e.